The zero-order valence-electron chi connectivity index (χ0n) is 8.37. The second-order valence-electron chi connectivity index (χ2n) is 3.11. The molecule has 1 aromatic carbocycles. The Morgan fingerprint density at radius 2 is 2.06 bits per heavy atom. The van der Waals surface area contributed by atoms with Gasteiger partial charge in [0.05, 0.1) is 0 Å². The molecule has 5 heteroatoms. The fraction of sp³-hybridized carbons (Fsp3) is 0. The van der Waals surface area contributed by atoms with E-state index in [9.17, 15) is 0 Å². The first-order chi connectivity index (χ1) is 7.75. The van der Waals surface area contributed by atoms with Crippen LogP contribution in [0.1, 0.15) is 5.69 Å². The van der Waals surface area contributed by atoms with Gasteiger partial charge in [-0.05, 0) is 0 Å². The molecule has 0 unspecified atom stereocenters. The van der Waals surface area contributed by atoms with Crippen LogP contribution in [0.2, 0.25) is 0 Å². The molecule has 2 aromatic rings. The second kappa shape index (κ2) is 4.88. The van der Waals surface area contributed by atoms with E-state index in [0.717, 1.165) is 16.6 Å². The normalized spacial score (nSPS) is 12.4. The van der Waals surface area contributed by atoms with Gasteiger partial charge in [0.2, 0.25) is 0 Å². The predicted octanol–water partition coefficient (Wildman–Crippen LogP) is 1.05. The van der Waals surface area contributed by atoms with Gasteiger partial charge < -0.3 is 0 Å². The molecule has 0 saturated heterocycles. The van der Waals surface area contributed by atoms with E-state index in [1.165, 1.54) is 0 Å². The van der Waals surface area contributed by atoms with Crippen molar-refractivity contribution in [3.05, 3.63) is 42.1 Å². The van der Waals surface area contributed by atoms with E-state index in [-0.39, 0.29) is 0 Å². The number of rotatable bonds is 2. The average Bonchev–Trinajstić information content (AvgIpc) is 2.28. The summed E-state index contributed by atoms with van der Waals surface area (Å²) < 4.78 is 0.303. The minimum absolute atomic E-state index is 0.303. The molecule has 0 bridgehead atoms. The number of hydrogen-bond donors (Lipinski definition) is 1. The van der Waals surface area contributed by atoms with Crippen LogP contribution in [-0.2, 0) is 0 Å². The molecular formula is C11H9N4Se. The fourth-order valence-electron chi connectivity index (χ4n) is 1.30. The maximum absolute atomic E-state index is 5.31. The van der Waals surface area contributed by atoms with Crippen molar-refractivity contribution in [1.29, 1.82) is 0 Å². The van der Waals surface area contributed by atoms with Gasteiger partial charge in [0.15, 0.2) is 0 Å². The van der Waals surface area contributed by atoms with Crippen LogP contribution in [0.25, 0.3) is 10.9 Å². The SMILES string of the molecule is N/C([Se])=N/N=C/c1ccc2ccccc2n1. The van der Waals surface area contributed by atoms with Crippen molar-refractivity contribution in [3.63, 3.8) is 0 Å². The topological polar surface area (TPSA) is 63.6 Å². The molecule has 0 amide bonds. The minimum atomic E-state index is 0.303. The van der Waals surface area contributed by atoms with Gasteiger partial charge in [-0.2, -0.15) is 0 Å². The number of nitrogens with zero attached hydrogens (tertiary/aromatic N) is 3. The van der Waals surface area contributed by atoms with Crippen molar-refractivity contribution >= 4 is 37.9 Å². The number of nitrogens with two attached hydrogens (primary N) is 1. The van der Waals surface area contributed by atoms with Crippen molar-refractivity contribution in [2.24, 2.45) is 15.9 Å². The van der Waals surface area contributed by atoms with Crippen LogP contribution in [0, 0.1) is 0 Å². The average molecular weight is 276 g/mol. The number of benzene rings is 1. The summed E-state index contributed by atoms with van der Waals surface area (Å²) in [5.74, 6) is 0. The van der Waals surface area contributed by atoms with E-state index in [4.69, 9.17) is 5.73 Å². The van der Waals surface area contributed by atoms with Crippen LogP contribution in [0.4, 0.5) is 0 Å². The van der Waals surface area contributed by atoms with E-state index >= 15 is 0 Å². The molecule has 2 rings (SSSR count). The van der Waals surface area contributed by atoms with E-state index in [1.54, 1.807) is 6.21 Å². The summed E-state index contributed by atoms with van der Waals surface area (Å²) in [4.78, 5) is 4.40. The van der Waals surface area contributed by atoms with Gasteiger partial charge in [0.25, 0.3) is 0 Å². The Balaban J connectivity index is 2.33. The number of hydrogen-bond acceptors (Lipinski definition) is 3. The molecule has 4 nitrogen and oxygen atoms in total. The van der Waals surface area contributed by atoms with Crippen LogP contribution < -0.4 is 5.73 Å². The van der Waals surface area contributed by atoms with Crippen LogP contribution in [0.3, 0.4) is 0 Å². The first-order valence-electron chi connectivity index (χ1n) is 4.65. The van der Waals surface area contributed by atoms with E-state index in [0.29, 0.717) is 4.73 Å². The number of para-hydroxylation sites is 1. The van der Waals surface area contributed by atoms with Crippen molar-refractivity contribution in [1.82, 2.24) is 4.98 Å². The zero-order chi connectivity index (χ0) is 11.4. The zero-order valence-corrected chi connectivity index (χ0v) is 10.1. The van der Waals surface area contributed by atoms with Gasteiger partial charge in [-0.3, -0.25) is 0 Å². The summed E-state index contributed by atoms with van der Waals surface area (Å²) in [5.41, 5.74) is 7.00. The molecule has 0 saturated carbocycles. The number of pyridine rings is 1. The third kappa shape index (κ3) is 2.65. The molecule has 0 aliphatic rings. The first-order valence-corrected chi connectivity index (χ1v) is 5.51. The summed E-state index contributed by atoms with van der Waals surface area (Å²) in [7, 11) is 0. The Morgan fingerprint density at radius 1 is 1.25 bits per heavy atom. The number of amidine groups is 1. The molecule has 0 aliphatic heterocycles. The van der Waals surface area contributed by atoms with Gasteiger partial charge in [0.1, 0.15) is 0 Å². The Hall–Kier alpha value is -1.71. The molecule has 16 heavy (non-hydrogen) atoms. The van der Waals surface area contributed by atoms with E-state index in [1.807, 2.05) is 36.4 Å². The first kappa shape index (κ1) is 10.8. The summed E-state index contributed by atoms with van der Waals surface area (Å²) in [6.07, 6.45) is 1.57. The fourth-order valence-corrected chi connectivity index (χ4v) is 1.40. The molecule has 0 aliphatic carbocycles. The standard InChI is InChI=1S/C11H9N4Se/c12-11(16)15-13-7-9-6-5-8-3-1-2-4-10(8)14-9/h1-7H,(H2,12,15)/b13-7+. The molecule has 0 spiro atoms. The maximum atomic E-state index is 5.31. The second-order valence-corrected chi connectivity index (χ2v) is 3.99. The van der Waals surface area contributed by atoms with Crippen molar-refractivity contribution in [2.75, 3.05) is 0 Å². The molecule has 1 radical (unpaired) electrons. The number of aromatic nitrogens is 1. The predicted molar refractivity (Wildman–Crippen MR) is 66.7 cm³/mol. The Bertz CT molecular complexity index is 559. The van der Waals surface area contributed by atoms with Crippen molar-refractivity contribution in [3.8, 4) is 0 Å². The summed E-state index contributed by atoms with van der Waals surface area (Å²) in [5, 5.41) is 8.56. The van der Waals surface area contributed by atoms with Gasteiger partial charge in [0, 0.05) is 0 Å². The molecule has 2 N–H and O–H groups in total. The Morgan fingerprint density at radius 3 is 2.88 bits per heavy atom. The third-order valence-corrected chi connectivity index (χ3v) is 2.14. The summed E-state index contributed by atoms with van der Waals surface area (Å²) in [6, 6.07) is 11.8. The van der Waals surface area contributed by atoms with Gasteiger partial charge in [-0.15, -0.1) is 0 Å². The summed E-state index contributed by atoms with van der Waals surface area (Å²) >= 11 is 2.55. The van der Waals surface area contributed by atoms with Crippen molar-refractivity contribution < 1.29 is 0 Å². The molecule has 79 valence electrons. The van der Waals surface area contributed by atoms with E-state index in [2.05, 4.69) is 31.2 Å². The molecule has 0 atom stereocenters. The Labute approximate surface area is 101 Å². The summed E-state index contributed by atoms with van der Waals surface area (Å²) in [6.45, 7) is 0. The van der Waals surface area contributed by atoms with Crippen molar-refractivity contribution in [2.45, 2.75) is 0 Å². The molecular weight excluding hydrogens is 267 g/mol. The third-order valence-electron chi connectivity index (χ3n) is 1.97. The number of fused-ring (bicyclic) bond motifs is 1. The van der Waals surface area contributed by atoms with Gasteiger partial charge in [-0.25, -0.2) is 0 Å². The van der Waals surface area contributed by atoms with Gasteiger partial charge >= 0.3 is 101 Å². The molecule has 0 fully saturated rings. The monoisotopic (exact) mass is 277 g/mol. The molecule has 1 heterocycles. The quantitative estimate of drug-likeness (QED) is 0.386. The Kier molecular flexibility index (Phi) is 3.29. The van der Waals surface area contributed by atoms with Crippen LogP contribution in [0.15, 0.2) is 46.6 Å². The van der Waals surface area contributed by atoms with Gasteiger partial charge in [-0.1, -0.05) is 0 Å². The van der Waals surface area contributed by atoms with E-state index < -0.39 is 0 Å². The van der Waals surface area contributed by atoms with Crippen LogP contribution >= 0.6 is 0 Å². The molecule has 1 aromatic heterocycles. The van der Waals surface area contributed by atoms with Crippen LogP contribution in [0.5, 0.6) is 0 Å². The van der Waals surface area contributed by atoms with Crippen LogP contribution in [-0.4, -0.2) is 31.9 Å².